The van der Waals surface area contributed by atoms with E-state index < -0.39 is 10.0 Å². The number of nitrogen functional groups attached to an aromatic ring is 1. The Morgan fingerprint density at radius 1 is 1.33 bits per heavy atom. The fourth-order valence-corrected chi connectivity index (χ4v) is 2.09. The van der Waals surface area contributed by atoms with Gasteiger partial charge in [0.05, 0.1) is 16.3 Å². The van der Waals surface area contributed by atoms with Crippen LogP contribution < -0.4 is 15.8 Å². The molecule has 0 spiro atoms. The molecule has 0 radical (unpaired) electrons. The quantitative estimate of drug-likeness (QED) is 0.813. The zero-order valence-corrected chi connectivity index (χ0v) is 12.1. The highest BCUT2D eigenvalue weighted by Gasteiger charge is 2.24. The van der Waals surface area contributed by atoms with Crippen LogP contribution in [0.25, 0.3) is 0 Å². The molecule has 1 aromatic rings. The second kappa shape index (κ2) is 4.78. The maximum Gasteiger partial charge on any atom is 0.238 e. The average Bonchev–Trinajstić information content (AvgIpc) is 2.27. The molecule has 5 nitrogen and oxygen atoms in total. The van der Waals surface area contributed by atoms with Crippen LogP contribution >= 0.6 is 0 Å². The van der Waals surface area contributed by atoms with E-state index >= 15 is 0 Å². The van der Waals surface area contributed by atoms with E-state index in [4.69, 9.17) is 10.9 Å². The second-order valence-corrected chi connectivity index (χ2v) is 6.55. The molecule has 102 valence electrons. The van der Waals surface area contributed by atoms with Crippen molar-refractivity contribution in [3.63, 3.8) is 0 Å². The molecule has 0 fully saturated rings. The maximum atomic E-state index is 11.4. The van der Waals surface area contributed by atoms with Crippen LogP contribution in [0.5, 0.6) is 0 Å². The Balaban J connectivity index is 3.33. The van der Waals surface area contributed by atoms with Gasteiger partial charge in [-0.3, -0.25) is 0 Å². The van der Waals surface area contributed by atoms with Gasteiger partial charge in [-0.2, -0.15) is 0 Å². The van der Waals surface area contributed by atoms with Gasteiger partial charge in [0, 0.05) is 12.6 Å². The number of hydrogen-bond donors (Lipinski definition) is 2. The van der Waals surface area contributed by atoms with Crippen molar-refractivity contribution >= 4 is 21.4 Å². The van der Waals surface area contributed by atoms with Gasteiger partial charge < -0.3 is 10.6 Å². The summed E-state index contributed by atoms with van der Waals surface area (Å²) in [6.07, 6.45) is 0.905. The molecule has 0 saturated carbocycles. The average molecular weight is 271 g/mol. The first-order valence-electron chi connectivity index (χ1n) is 5.75. The lowest BCUT2D eigenvalue weighted by atomic mass is 9.99. The molecule has 0 aliphatic heterocycles. The zero-order chi connectivity index (χ0) is 14.1. The first-order valence-corrected chi connectivity index (χ1v) is 7.30. The third-order valence-corrected chi connectivity index (χ3v) is 4.38. The maximum absolute atomic E-state index is 11.4. The topological polar surface area (TPSA) is 89.4 Å². The highest BCUT2D eigenvalue weighted by Crippen LogP contribution is 2.31. The van der Waals surface area contributed by atoms with Gasteiger partial charge in [0.15, 0.2) is 0 Å². The predicted molar refractivity (Wildman–Crippen MR) is 75.0 cm³/mol. The summed E-state index contributed by atoms with van der Waals surface area (Å²) in [7, 11) is -1.82. The monoisotopic (exact) mass is 271 g/mol. The molecule has 1 aromatic carbocycles. The van der Waals surface area contributed by atoms with Gasteiger partial charge in [-0.15, -0.1) is 0 Å². The molecule has 4 N–H and O–H groups in total. The number of nitrogens with two attached hydrogens (primary N) is 2. The fraction of sp³-hybridized carbons (Fsp3) is 0.500. The molecule has 0 aliphatic carbocycles. The zero-order valence-electron chi connectivity index (χ0n) is 11.3. The molecular weight excluding hydrogens is 250 g/mol. The van der Waals surface area contributed by atoms with Crippen LogP contribution in [0.2, 0.25) is 0 Å². The van der Waals surface area contributed by atoms with Gasteiger partial charge in [-0.25, -0.2) is 13.6 Å². The minimum absolute atomic E-state index is 0.0745. The van der Waals surface area contributed by atoms with Crippen molar-refractivity contribution in [3.05, 3.63) is 18.2 Å². The summed E-state index contributed by atoms with van der Waals surface area (Å²) in [6.45, 7) is 6.20. The number of sulfonamides is 1. The molecule has 18 heavy (non-hydrogen) atoms. The highest BCUT2D eigenvalue weighted by molar-refractivity contribution is 7.89. The summed E-state index contributed by atoms with van der Waals surface area (Å²) in [5.41, 5.74) is 7.00. The van der Waals surface area contributed by atoms with E-state index in [1.165, 1.54) is 12.1 Å². The molecule has 0 aromatic heterocycles. The van der Waals surface area contributed by atoms with Crippen molar-refractivity contribution in [1.82, 2.24) is 0 Å². The van der Waals surface area contributed by atoms with Gasteiger partial charge in [0.2, 0.25) is 10.0 Å². The molecule has 0 bridgehead atoms. The van der Waals surface area contributed by atoms with Crippen LogP contribution in [0.3, 0.4) is 0 Å². The van der Waals surface area contributed by atoms with Gasteiger partial charge in [-0.1, -0.05) is 6.92 Å². The van der Waals surface area contributed by atoms with Gasteiger partial charge >= 0.3 is 0 Å². The largest absolute Gasteiger partial charge is 0.397 e. The fourth-order valence-electron chi connectivity index (χ4n) is 1.55. The van der Waals surface area contributed by atoms with Crippen LogP contribution in [0.4, 0.5) is 11.4 Å². The standard InChI is InChI=1S/C12H21N3O2S/c1-5-12(2,3)15(4)11-8-9(18(14,16)17)6-7-10(11)13/h6-8H,5,13H2,1-4H3,(H2,14,16,17). The first kappa shape index (κ1) is 14.8. The molecule has 0 unspecified atom stereocenters. The van der Waals surface area contributed by atoms with Gasteiger partial charge in [0.25, 0.3) is 0 Å². The summed E-state index contributed by atoms with van der Waals surface area (Å²) in [4.78, 5) is 2.04. The summed E-state index contributed by atoms with van der Waals surface area (Å²) >= 11 is 0. The number of nitrogens with zero attached hydrogens (tertiary/aromatic N) is 1. The normalized spacial score (nSPS) is 12.5. The Morgan fingerprint density at radius 3 is 2.33 bits per heavy atom. The van der Waals surface area contributed by atoms with Crippen LogP contribution in [0.1, 0.15) is 27.2 Å². The molecule has 0 heterocycles. The molecule has 0 saturated heterocycles. The highest BCUT2D eigenvalue weighted by atomic mass is 32.2. The smallest absolute Gasteiger partial charge is 0.238 e. The lowest BCUT2D eigenvalue weighted by Gasteiger charge is -2.37. The third kappa shape index (κ3) is 2.94. The van der Waals surface area contributed by atoms with E-state index in [0.717, 1.165) is 6.42 Å². The Labute approximate surface area is 109 Å². The van der Waals surface area contributed by atoms with Crippen LogP contribution in [-0.4, -0.2) is 21.0 Å². The van der Waals surface area contributed by atoms with Crippen molar-refractivity contribution < 1.29 is 8.42 Å². The Hall–Kier alpha value is -1.27. The Kier molecular flexibility index (Phi) is 3.92. The van der Waals surface area contributed by atoms with Crippen LogP contribution in [0.15, 0.2) is 23.1 Å². The van der Waals surface area contributed by atoms with Gasteiger partial charge in [-0.05, 0) is 38.5 Å². The molecule has 0 atom stereocenters. The van der Waals surface area contributed by atoms with E-state index in [-0.39, 0.29) is 10.4 Å². The van der Waals surface area contributed by atoms with Crippen molar-refractivity contribution in [2.24, 2.45) is 5.14 Å². The number of primary sulfonamides is 1. The molecule has 6 heteroatoms. The number of hydrogen-bond acceptors (Lipinski definition) is 4. The van der Waals surface area contributed by atoms with E-state index in [1.54, 1.807) is 6.07 Å². The summed E-state index contributed by atoms with van der Waals surface area (Å²) < 4.78 is 22.7. The lowest BCUT2D eigenvalue weighted by molar-refractivity contribution is 0.471. The summed E-state index contributed by atoms with van der Waals surface area (Å²) in [5, 5.41) is 5.13. The molecule has 0 amide bonds. The SMILES string of the molecule is CCC(C)(C)N(C)c1cc(S(N)(=O)=O)ccc1N. The number of benzene rings is 1. The number of anilines is 2. The Morgan fingerprint density at radius 2 is 1.89 bits per heavy atom. The third-order valence-electron chi connectivity index (χ3n) is 3.47. The van der Waals surface area contributed by atoms with Crippen molar-refractivity contribution in [2.75, 3.05) is 17.7 Å². The predicted octanol–water partition coefficient (Wildman–Crippen LogP) is 1.54. The van der Waals surface area contributed by atoms with Crippen molar-refractivity contribution in [3.8, 4) is 0 Å². The summed E-state index contributed by atoms with van der Waals surface area (Å²) in [6, 6.07) is 4.50. The van der Waals surface area contributed by atoms with Crippen molar-refractivity contribution in [1.29, 1.82) is 0 Å². The lowest BCUT2D eigenvalue weighted by Crippen LogP contribution is -2.41. The van der Waals surface area contributed by atoms with E-state index in [1.807, 2.05) is 11.9 Å². The Bertz CT molecular complexity index is 538. The minimum Gasteiger partial charge on any atom is -0.397 e. The number of rotatable bonds is 4. The molecule has 1 rings (SSSR count). The van der Waals surface area contributed by atoms with Crippen LogP contribution in [-0.2, 0) is 10.0 Å². The van der Waals surface area contributed by atoms with E-state index in [9.17, 15) is 8.42 Å². The van der Waals surface area contributed by atoms with Gasteiger partial charge in [0.1, 0.15) is 0 Å². The molecule has 0 aliphatic rings. The van der Waals surface area contributed by atoms with E-state index in [0.29, 0.717) is 11.4 Å². The van der Waals surface area contributed by atoms with Crippen molar-refractivity contribution in [2.45, 2.75) is 37.6 Å². The minimum atomic E-state index is -3.71. The van der Waals surface area contributed by atoms with Crippen LogP contribution in [0, 0.1) is 0 Å². The first-order chi connectivity index (χ1) is 8.09. The van der Waals surface area contributed by atoms with E-state index in [2.05, 4.69) is 20.8 Å². The summed E-state index contributed by atoms with van der Waals surface area (Å²) in [5.74, 6) is 0. The second-order valence-electron chi connectivity index (χ2n) is 4.99. The molecular formula is C12H21N3O2S.